The average molecular weight is 522 g/mol. The topological polar surface area (TPSA) is 111 Å². The Balaban J connectivity index is 1.55. The first kappa shape index (κ1) is 29.2. The molecule has 1 aliphatic rings. The Morgan fingerprint density at radius 1 is 0.921 bits per heavy atom. The Morgan fingerprint density at radius 3 is 2.37 bits per heavy atom. The molecule has 2 aromatic rings. The Morgan fingerprint density at radius 2 is 1.61 bits per heavy atom. The molecule has 7 heteroatoms. The largest absolute Gasteiger partial charge is 0.441 e. The van der Waals surface area contributed by atoms with Gasteiger partial charge < -0.3 is 21.1 Å². The van der Waals surface area contributed by atoms with Crippen molar-refractivity contribution in [1.29, 1.82) is 0 Å². The van der Waals surface area contributed by atoms with E-state index in [1.165, 1.54) is 5.56 Å². The molecule has 2 unspecified atom stereocenters. The highest BCUT2D eigenvalue weighted by atomic mass is 16.6. The van der Waals surface area contributed by atoms with Crippen molar-refractivity contribution in [3.05, 3.63) is 71.3 Å². The van der Waals surface area contributed by atoms with E-state index in [4.69, 9.17) is 10.5 Å². The smallest absolute Gasteiger partial charge is 0.408 e. The lowest BCUT2D eigenvalue weighted by Gasteiger charge is -2.30. The monoisotopic (exact) mass is 521 g/mol. The maximum absolute atomic E-state index is 13.4. The molecule has 0 spiro atoms. The molecular formula is C31H43N3O4. The van der Waals surface area contributed by atoms with Gasteiger partial charge in [-0.3, -0.25) is 9.59 Å². The first-order valence-corrected chi connectivity index (χ1v) is 14.0. The van der Waals surface area contributed by atoms with E-state index in [2.05, 4.69) is 16.7 Å². The van der Waals surface area contributed by atoms with Crippen molar-refractivity contribution in [3.63, 3.8) is 0 Å². The third-order valence-electron chi connectivity index (χ3n) is 7.23. The van der Waals surface area contributed by atoms with Crippen molar-refractivity contribution >= 4 is 17.9 Å². The van der Waals surface area contributed by atoms with Crippen LogP contribution in [0.25, 0.3) is 0 Å². The van der Waals surface area contributed by atoms with Gasteiger partial charge in [-0.1, -0.05) is 80.3 Å². The highest BCUT2D eigenvalue weighted by Gasteiger charge is 2.36. The Bertz CT molecular complexity index is 1040. The minimum absolute atomic E-state index is 0.221. The van der Waals surface area contributed by atoms with Gasteiger partial charge in [0, 0.05) is 19.4 Å². The first-order valence-electron chi connectivity index (χ1n) is 14.0. The van der Waals surface area contributed by atoms with Crippen LogP contribution in [0.4, 0.5) is 4.79 Å². The number of carbonyl (C=O) groups is 3. The van der Waals surface area contributed by atoms with Gasteiger partial charge in [-0.2, -0.15) is 0 Å². The highest BCUT2D eigenvalue weighted by molar-refractivity contribution is 5.90. The lowest BCUT2D eigenvalue weighted by Crippen LogP contribution is -2.58. The van der Waals surface area contributed by atoms with Gasteiger partial charge in [0.15, 0.2) is 0 Å². The zero-order valence-electron chi connectivity index (χ0n) is 22.7. The van der Waals surface area contributed by atoms with Crippen LogP contribution in [0.2, 0.25) is 0 Å². The summed E-state index contributed by atoms with van der Waals surface area (Å²) in [5, 5.41) is 5.94. The minimum atomic E-state index is -1.16. The number of alkyl carbamates (subject to hydrolysis) is 1. The lowest BCUT2D eigenvalue weighted by atomic mass is 9.91. The number of nitrogens with two attached hydrogens (primary N) is 1. The van der Waals surface area contributed by atoms with Crippen molar-refractivity contribution in [2.24, 2.45) is 5.73 Å². The predicted octanol–water partition coefficient (Wildman–Crippen LogP) is 5.51. The van der Waals surface area contributed by atoms with Crippen molar-refractivity contribution in [3.8, 4) is 0 Å². The van der Waals surface area contributed by atoms with Gasteiger partial charge in [0.2, 0.25) is 11.8 Å². The van der Waals surface area contributed by atoms with Crippen molar-refractivity contribution in [2.45, 2.75) is 95.6 Å². The number of fused-ring (bicyclic) bond motifs is 1. The number of aryl methyl sites for hydroxylation is 1. The molecule has 38 heavy (non-hydrogen) atoms. The van der Waals surface area contributed by atoms with Crippen molar-refractivity contribution in [2.75, 3.05) is 6.54 Å². The van der Waals surface area contributed by atoms with Gasteiger partial charge in [-0.15, -0.1) is 0 Å². The second-order valence-electron chi connectivity index (χ2n) is 10.6. The number of hydrogen-bond donors (Lipinski definition) is 3. The van der Waals surface area contributed by atoms with E-state index in [0.717, 1.165) is 75.3 Å². The normalized spacial score (nSPS) is 16.4. The third kappa shape index (κ3) is 9.51. The number of carbonyl (C=O) groups excluding carboxylic acids is 3. The zero-order chi connectivity index (χ0) is 27.2. The van der Waals surface area contributed by atoms with Crippen LogP contribution >= 0.6 is 0 Å². The Kier molecular flexibility index (Phi) is 11.7. The molecule has 4 N–H and O–H groups in total. The fourth-order valence-corrected chi connectivity index (χ4v) is 5.10. The van der Waals surface area contributed by atoms with Gasteiger partial charge >= 0.3 is 6.09 Å². The molecule has 0 bridgehead atoms. The van der Waals surface area contributed by atoms with E-state index in [1.54, 1.807) is 6.92 Å². The average Bonchev–Trinajstić information content (AvgIpc) is 3.10. The fourth-order valence-electron chi connectivity index (χ4n) is 5.10. The maximum Gasteiger partial charge on any atom is 0.408 e. The first-order chi connectivity index (χ1) is 18.4. The van der Waals surface area contributed by atoms with E-state index in [1.807, 2.05) is 48.5 Å². The summed E-state index contributed by atoms with van der Waals surface area (Å²) >= 11 is 0. The molecule has 0 saturated heterocycles. The summed E-state index contributed by atoms with van der Waals surface area (Å²) in [5.41, 5.74) is 7.26. The van der Waals surface area contributed by atoms with Crippen LogP contribution in [-0.2, 0) is 27.2 Å². The predicted molar refractivity (Wildman–Crippen MR) is 149 cm³/mol. The van der Waals surface area contributed by atoms with E-state index in [9.17, 15) is 14.4 Å². The molecule has 0 aromatic heterocycles. The minimum Gasteiger partial charge on any atom is -0.441 e. The summed E-state index contributed by atoms with van der Waals surface area (Å²) in [7, 11) is 0. The standard InChI is InChI=1S/C31H43N3O4/c1-31(23-24-15-7-6-8-16-24,29(36)33-22-14-5-3-2-4-9-21-28(32)35)34-30(37)38-27-20-13-11-18-25-17-10-12-19-26(25)27/h6-8,10,12,15-17,19,27H,2-5,9,11,13-14,18,20-23H2,1H3,(H2,32,35)(H,33,36)(H,34,37). The number of unbranched alkanes of at least 4 members (excludes halogenated alkanes) is 5. The number of amides is 3. The number of nitrogens with one attached hydrogen (secondary N) is 2. The molecule has 206 valence electrons. The van der Waals surface area contributed by atoms with Crippen LogP contribution in [0.5, 0.6) is 0 Å². The van der Waals surface area contributed by atoms with Gasteiger partial charge in [-0.05, 0) is 62.1 Å². The molecule has 0 heterocycles. The molecule has 7 nitrogen and oxygen atoms in total. The summed E-state index contributed by atoms with van der Waals surface area (Å²) in [5.74, 6) is -0.469. The molecule has 0 fully saturated rings. The summed E-state index contributed by atoms with van der Waals surface area (Å²) in [6.45, 7) is 2.30. The number of ether oxygens (including phenoxy) is 1. The molecule has 2 aromatic carbocycles. The summed E-state index contributed by atoms with van der Waals surface area (Å²) in [6, 6.07) is 17.8. The molecule has 2 atom stereocenters. The van der Waals surface area contributed by atoms with Crippen LogP contribution in [0, 0.1) is 0 Å². The van der Waals surface area contributed by atoms with E-state index >= 15 is 0 Å². The molecule has 1 aliphatic carbocycles. The van der Waals surface area contributed by atoms with Crippen LogP contribution in [0.15, 0.2) is 54.6 Å². The summed E-state index contributed by atoms with van der Waals surface area (Å²) < 4.78 is 5.93. The second kappa shape index (κ2) is 15.2. The quantitative estimate of drug-likeness (QED) is 0.225. The van der Waals surface area contributed by atoms with Gasteiger partial charge in [-0.25, -0.2) is 4.79 Å². The van der Waals surface area contributed by atoms with E-state index < -0.39 is 11.6 Å². The van der Waals surface area contributed by atoms with E-state index in [0.29, 0.717) is 19.4 Å². The maximum atomic E-state index is 13.4. The molecule has 3 rings (SSSR count). The number of hydrogen-bond acceptors (Lipinski definition) is 4. The Hall–Kier alpha value is -3.35. The van der Waals surface area contributed by atoms with Gasteiger partial charge in [0.25, 0.3) is 0 Å². The number of primary amides is 1. The molecule has 0 saturated carbocycles. The van der Waals surface area contributed by atoms with Crippen LogP contribution in [0.1, 0.15) is 93.9 Å². The molecule has 3 amide bonds. The van der Waals surface area contributed by atoms with Crippen LogP contribution < -0.4 is 16.4 Å². The van der Waals surface area contributed by atoms with Gasteiger partial charge in [0.05, 0.1) is 0 Å². The van der Waals surface area contributed by atoms with Crippen molar-refractivity contribution in [1.82, 2.24) is 10.6 Å². The SMILES string of the molecule is CC(Cc1ccccc1)(NC(=O)OC1CCCCc2ccccc21)C(=O)NCCCCCCCCC(N)=O. The summed E-state index contributed by atoms with van der Waals surface area (Å²) in [4.78, 5) is 37.3. The van der Waals surface area contributed by atoms with Crippen LogP contribution in [-0.4, -0.2) is 30.0 Å². The van der Waals surface area contributed by atoms with E-state index in [-0.39, 0.29) is 17.9 Å². The highest BCUT2D eigenvalue weighted by Crippen LogP contribution is 2.31. The van der Waals surface area contributed by atoms with Crippen molar-refractivity contribution < 1.29 is 19.1 Å². The Labute approximate surface area is 226 Å². The second-order valence-corrected chi connectivity index (χ2v) is 10.6. The molecular weight excluding hydrogens is 478 g/mol. The summed E-state index contributed by atoms with van der Waals surface area (Å²) in [6.07, 6.45) is 9.47. The zero-order valence-corrected chi connectivity index (χ0v) is 22.7. The lowest BCUT2D eigenvalue weighted by molar-refractivity contribution is -0.127. The number of rotatable bonds is 14. The third-order valence-corrected chi connectivity index (χ3v) is 7.23. The molecule has 0 radical (unpaired) electrons. The fraction of sp³-hybridized carbons (Fsp3) is 0.516. The molecule has 0 aliphatic heterocycles. The van der Waals surface area contributed by atoms with Gasteiger partial charge in [0.1, 0.15) is 11.6 Å². The van der Waals surface area contributed by atoms with Crippen LogP contribution in [0.3, 0.4) is 0 Å². The number of benzene rings is 2.